The highest BCUT2D eigenvalue weighted by Crippen LogP contribution is 2.31. The normalized spacial score (nSPS) is 14.5. The number of anilines is 1. The van der Waals surface area contributed by atoms with Crippen LogP contribution in [-0.4, -0.2) is 24.0 Å². The molecule has 1 aromatic carbocycles. The molecule has 0 atom stereocenters. The molecule has 1 heterocycles. The first-order valence-electron chi connectivity index (χ1n) is 6.07. The van der Waals surface area contributed by atoms with E-state index in [1.165, 1.54) is 4.90 Å². The van der Waals surface area contributed by atoms with Crippen molar-refractivity contribution in [2.75, 3.05) is 11.4 Å². The number of benzene rings is 1. The van der Waals surface area contributed by atoms with Gasteiger partial charge in [-0.05, 0) is 44.5 Å². The summed E-state index contributed by atoms with van der Waals surface area (Å²) in [7, 11) is 0. The van der Waals surface area contributed by atoms with Crippen LogP contribution in [0.2, 0.25) is 5.02 Å². The maximum absolute atomic E-state index is 11.9. The summed E-state index contributed by atoms with van der Waals surface area (Å²) in [4.78, 5) is 25.2. The summed E-state index contributed by atoms with van der Waals surface area (Å²) in [6.45, 7) is 5.32. The molecule has 0 aliphatic carbocycles. The highest BCUT2D eigenvalue weighted by atomic mass is 35.5. The van der Waals surface area contributed by atoms with Crippen molar-refractivity contribution in [3.63, 3.8) is 0 Å². The third kappa shape index (κ3) is 3.26. The van der Waals surface area contributed by atoms with Crippen molar-refractivity contribution >= 4 is 29.2 Å². The summed E-state index contributed by atoms with van der Waals surface area (Å²) in [6, 6.07) is 5.22. The van der Waals surface area contributed by atoms with Crippen LogP contribution in [0.1, 0.15) is 26.3 Å². The van der Waals surface area contributed by atoms with Gasteiger partial charge in [0, 0.05) is 10.7 Å². The fourth-order valence-electron chi connectivity index (χ4n) is 2.03. The van der Waals surface area contributed by atoms with E-state index in [0.717, 1.165) is 11.3 Å². The molecule has 4 nitrogen and oxygen atoms in total. The van der Waals surface area contributed by atoms with Crippen LogP contribution in [0.4, 0.5) is 5.69 Å². The number of hydrogen-bond donors (Lipinski definition) is 0. The second-order valence-corrected chi connectivity index (χ2v) is 5.95. The van der Waals surface area contributed by atoms with Crippen molar-refractivity contribution in [3.05, 3.63) is 28.8 Å². The molecule has 0 saturated heterocycles. The lowest BCUT2D eigenvalue weighted by molar-refractivity contribution is -0.153. The SMILES string of the molecule is CC(C)(C)OC(=O)CN1C(=O)Cc2cc(Cl)ccc21. The molecule has 1 aromatic rings. The van der Waals surface area contributed by atoms with Gasteiger partial charge in [0.25, 0.3) is 0 Å². The number of esters is 1. The predicted molar refractivity (Wildman–Crippen MR) is 73.4 cm³/mol. The minimum atomic E-state index is -0.553. The van der Waals surface area contributed by atoms with Crippen molar-refractivity contribution in [3.8, 4) is 0 Å². The number of hydrogen-bond acceptors (Lipinski definition) is 3. The maximum Gasteiger partial charge on any atom is 0.326 e. The molecular weight excluding hydrogens is 266 g/mol. The first-order valence-corrected chi connectivity index (χ1v) is 6.45. The van der Waals surface area contributed by atoms with Crippen LogP contribution in [0.3, 0.4) is 0 Å². The van der Waals surface area contributed by atoms with Crippen LogP contribution in [0, 0.1) is 0 Å². The van der Waals surface area contributed by atoms with E-state index in [9.17, 15) is 9.59 Å². The third-order valence-corrected chi connectivity index (χ3v) is 2.92. The molecule has 5 heteroatoms. The summed E-state index contributed by atoms with van der Waals surface area (Å²) in [5, 5.41) is 0.589. The Bertz CT molecular complexity index is 534. The number of carbonyl (C=O) groups is 2. The number of amides is 1. The average Bonchev–Trinajstić information content (AvgIpc) is 2.51. The highest BCUT2D eigenvalue weighted by molar-refractivity contribution is 6.30. The average molecular weight is 282 g/mol. The Morgan fingerprint density at radius 2 is 2.11 bits per heavy atom. The molecule has 2 rings (SSSR count). The largest absolute Gasteiger partial charge is 0.459 e. The van der Waals surface area contributed by atoms with E-state index in [-0.39, 0.29) is 18.9 Å². The van der Waals surface area contributed by atoms with Gasteiger partial charge in [0.2, 0.25) is 5.91 Å². The zero-order chi connectivity index (χ0) is 14.2. The lowest BCUT2D eigenvalue weighted by atomic mass is 10.2. The lowest BCUT2D eigenvalue weighted by Gasteiger charge is -2.22. The Kier molecular flexibility index (Phi) is 3.54. The molecule has 0 unspecified atom stereocenters. The van der Waals surface area contributed by atoms with E-state index in [0.29, 0.717) is 5.02 Å². The van der Waals surface area contributed by atoms with Gasteiger partial charge in [-0.1, -0.05) is 11.6 Å². The van der Waals surface area contributed by atoms with Crippen LogP contribution in [-0.2, 0) is 20.7 Å². The summed E-state index contributed by atoms with van der Waals surface area (Å²) in [5.41, 5.74) is 1.03. The minimum absolute atomic E-state index is 0.0647. The third-order valence-electron chi connectivity index (χ3n) is 2.68. The number of nitrogens with zero attached hydrogens (tertiary/aromatic N) is 1. The van der Waals surface area contributed by atoms with E-state index < -0.39 is 11.6 Å². The van der Waals surface area contributed by atoms with Crippen LogP contribution < -0.4 is 4.90 Å². The van der Waals surface area contributed by atoms with Crippen molar-refractivity contribution in [1.29, 1.82) is 0 Å². The Balaban J connectivity index is 2.14. The Morgan fingerprint density at radius 3 is 2.74 bits per heavy atom. The summed E-state index contributed by atoms with van der Waals surface area (Å²) >= 11 is 5.89. The van der Waals surface area contributed by atoms with Crippen LogP contribution >= 0.6 is 11.6 Å². The van der Waals surface area contributed by atoms with Gasteiger partial charge in [-0.3, -0.25) is 9.59 Å². The van der Waals surface area contributed by atoms with Gasteiger partial charge >= 0.3 is 5.97 Å². The molecular formula is C14H16ClNO3. The van der Waals surface area contributed by atoms with Gasteiger partial charge in [-0.2, -0.15) is 0 Å². The van der Waals surface area contributed by atoms with E-state index in [1.807, 2.05) is 0 Å². The summed E-state index contributed by atoms with van der Waals surface area (Å²) < 4.78 is 5.23. The van der Waals surface area contributed by atoms with Gasteiger partial charge in [0.1, 0.15) is 12.1 Å². The zero-order valence-electron chi connectivity index (χ0n) is 11.2. The van der Waals surface area contributed by atoms with E-state index in [4.69, 9.17) is 16.3 Å². The first-order chi connectivity index (χ1) is 8.76. The fourth-order valence-corrected chi connectivity index (χ4v) is 2.22. The Hall–Kier alpha value is -1.55. The molecule has 0 fully saturated rings. The first kappa shape index (κ1) is 13.9. The van der Waals surface area contributed by atoms with Crippen LogP contribution in [0.15, 0.2) is 18.2 Å². The maximum atomic E-state index is 11.9. The highest BCUT2D eigenvalue weighted by Gasteiger charge is 2.30. The molecule has 102 valence electrons. The van der Waals surface area contributed by atoms with Crippen molar-refractivity contribution in [2.45, 2.75) is 32.8 Å². The van der Waals surface area contributed by atoms with Crippen molar-refractivity contribution in [2.24, 2.45) is 0 Å². The molecule has 0 saturated carbocycles. The Morgan fingerprint density at radius 1 is 1.42 bits per heavy atom. The second-order valence-electron chi connectivity index (χ2n) is 5.52. The standard InChI is InChI=1S/C14H16ClNO3/c1-14(2,3)19-13(18)8-16-11-5-4-10(15)6-9(11)7-12(16)17/h4-6H,7-8H2,1-3H3. The van der Waals surface area contributed by atoms with E-state index >= 15 is 0 Å². The summed E-state index contributed by atoms with van der Waals surface area (Å²) in [6.07, 6.45) is 0.276. The molecule has 0 spiro atoms. The van der Waals surface area contributed by atoms with Crippen LogP contribution in [0.25, 0.3) is 0 Å². The Labute approximate surface area is 117 Å². The van der Waals surface area contributed by atoms with E-state index in [1.54, 1.807) is 39.0 Å². The number of halogens is 1. The predicted octanol–water partition coefficient (Wildman–Crippen LogP) is 2.57. The quantitative estimate of drug-likeness (QED) is 0.783. The second kappa shape index (κ2) is 4.85. The number of ether oxygens (including phenoxy) is 1. The monoisotopic (exact) mass is 281 g/mol. The number of rotatable bonds is 2. The van der Waals surface area contributed by atoms with Gasteiger partial charge < -0.3 is 9.64 Å². The van der Waals surface area contributed by atoms with Crippen molar-refractivity contribution < 1.29 is 14.3 Å². The van der Waals surface area contributed by atoms with Gasteiger partial charge in [-0.15, -0.1) is 0 Å². The molecule has 1 aliphatic heterocycles. The van der Waals surface area contributed by atoms with Gasteiger partial charge in [0.05, 0.1) is 6.42 Å². The molecule has 1 amide bonds. The number of carbonyl (C=O) groups excluding carboxylic acids is 2. The molecule has 0 aromatic heterocycles. The van der Waals surface area contributed by atoms with Gasteiger partial charge in [-0.25, -0.2) is 0 Å². The van der Waals surface area contributed by atoms with Crippen molar-refractivity contribution in [1.82, 2.24) is 0 Å². The summed E-state index contributed by atoms with van der Waals surface area (Å²) in [5.74, 6) is -0.522. The molecule has 0 radical (unpaired) electrons. The molecule has 1 aliphatic rings. The fraction of sp³-hybridized carbons (Fsp3) is 0.429. The minimum Gasteiger partial charge on any atom is -0.459 e. The van der Waals surface area contributed by atoms with Gasteiger partial charge in [0.15, 0.2) is 0 Å². The molecule has 0 bridgehead atoms. The zero-order valence-corrected chi connectivity index (χ0v) is 12.0. The van der Waals surface area contributed by atoms with Crippen LogP contribution in [0.5, 0.6) is 0 Å². The number of fused-ring (bicyclic) bond motifs is 1. The topological polar surface area (TPSA) is 46.6 Å². The smallest absolute Gasteiger partial charge is 0.326 e. The molecule has 19 heavy (non-hydrogen) atoms. The molecule has 0 N–H and O–H groups in total. The van der Waals surface area contributed by atoms with E-state index in [2.05, 4.69) is 0 Å². The lowest BCUT2D eigenvalue weighted by Crippen LogP contribution is -2.36.